The van der Waals surface area contributed by atoms with Crippen molar-refractivity contribution in [1.29, 1.82) is 0 Å². The van der Waals surface area contributed by atoms with E-state index in [0.717, 1.165) is 5.56 Å². The van der Waals surface area contributed by atoms with Crippen LogP contribution < -0.4 is 16.2 Å². The number of hydrogen-bond acceptors (Lipinski definition) is 4. The van der Waals surface area contributed by atoms with Crippen LogP contribution in [0.5, 0.6) is 11.5 Å². The number of carbonyl (C=O) groups excluding carboxylic acids is 1. The topological polar surface area (TPSA) is 87.6 Å². The fourth-order valence-corrected chi connectivity index (χ4v) is 1.84. The lowest BCUT2D eigenvalue weighted by Crippen LogP contribution is -2.13. The summed E-state index contributed by atoms with van der Waals surface area (Å²) < 4.78 is 10.8. The molecule has 0 atom stereocenters. The minimum Gasteiger partial charge on any atom is -0.455 e. The van der Waals surface area contributed by atoms with E-state index in [1.807, 2.05) is 18.2 Å². The van der Waals surface area contributed by atoms with Crippen LogP contribution in [-0.2, 0) is 11.3 Å². The molecule has 104 valence electrons. The van der Waals surface area contributed by atoms with Gasteiger partial charge in [-0.3, -0.25) is 4.79 Å². The minimum absolute atomic E-state index is 0.233. The molecule has 0 spiro atoms. The number of nitrogen functional groups attached to an aromatic ring is 1. The number of amides is 1. The Hall–Kier alpha value is -2.53. The largest absolute Gasteiger partial charge is 0.455 e. The molecule has 0 radical (unpaired) electrons. The Morgan fingerprint density at radius 2 is 1.95 bits per heavy atom. The van der Waals surface area contributed by atoms with Gasteiger partial charge in [0.2, 0.25) is 0 Å². The molecule has 4 N–H and O–H groups in total. The number of carbonyl (C=O) groups is 1. The molecule has 0 unspecified atom stereocenters. The Morgan fingerprint density at radius 1 is 1.20 bits per heavy atom. The molecule has 5 heteroatoms. The maximum atomic E-state index is 11.2. The van der Waals surface area contributed by atoms with E-state index in [4.69, 9.17) is 20.9 Å². The van der Waals surface area contributed by atoms with E-state index in [9.17, 15) is 4.79 Å². The summed E-state index contributed by atoms with van der Waals surface area (Å²) in [5.41, 5.74) is 12.6. The third-order valence-corrected chi connectivity index (χ3v) is 2.77. The molecule has 0 fully saturated rings. The van der Waals surface area contributed by atoms with Gasteiger partial charge in [0.25, 0.3) is 5.91 Å². The molecule has 0 aliphatic rings. The molecule has 0 bridgehead atoms. The summed E-state index contributed by atoms with van der Waals surface area (Å²) in [6, 6.07) is 12.4. The van der Waals surface area contributed by atoms with Gasteiger partial charge in [-0.25, -0.2) is 0 Å². The quantitative estimate of drug-likeness (QED) is 0.817. The second-order valence-corrected chi connectivity index (χ2v) is 4.26. The Morgan fingerprint density at radius 3 is 2.65 bits per heavy atom. The van der Waals surface area contributed by atoms with Gasteiger partial charge >= 0.3 is 0 Å². The number of benzene rings is 2. The van der Waals surface area contributed by atoms with Gasteiger partial charge in [-0.1, -0.05) is 18.2 Å². The summed E-state index contributed by atoms with van der Waals surface area (Å²) in [6.07, 6.45) is 0. The van der Waals surface area contributed by atoms with Crippen LogP contribution in [0.4, 0.5) is 5.69 Å². The molecule has 5 nitrogen and oxygen atoms in total. The fourth-order valence-electron chi connectivity index (χ4n) is 1.84. The average molecular weight is 272 g/mol. The highest BCUT2D eigenvalue weighted by molar-refractivity contribution is 5.99. The van der Waals surface area contributed by atoms with E-state index in [-0.39, 0.29) is 11.3 Å². The molecule has 2 aromatic rings. The van der Waals surface area contributed by atoms with Crippen LogP contribution >= 0.6 is 0 Å². The first-order valence-corrected chi connectivity index (χ1v) is 6.06. The average Bonchev–Trinajstić information content (AvgIpc) is 2.42. The standard InChI is InChI=1S/C15H16N2O3/c1-19-9-10-4-2-5-11(8-10)20-13-7-3-6-12(14(13)16)15(17)18/h2-8H,9,16H2,1H3,(H2,17,18). The Labute approximate surface area is 117 Å². The van der Waals surface area contributed by atoms with Gasteiger partial charge in [-0.2, -0.15) is 0 Å². The summed E-state index contributed by atoms with van der Waals surface area (Å²) >= 11 is 0. The van der Waals surface area contributed by atoms with Gasteiger partial charge in [0.15, 0.2) is 5.75 Å². The lowest BCUT2D eigenvalue weighted by atomic mass is 10.1. The van der Waals surface area contributed by atoms with E-state index in [1.54, 1.807) is 31.4 Å². The number of ether oxygens (including phenoxy) is 2. The van der Waals surface area contributed by atoms with E-state index in [2.05, 4.69) is 0 Å². The van der Waals surface area contributed by atoms with Crippen LogP contribution in [0.3, 0.4) is 0 Å². The summed E-state index contributed by atoms with van der Waals surface area (Å²) in [5, 5.41) is 0. The molecule has 0 aromatic heterocycles. The Balaban J connectivity index is 2.28. The monoisotopic (exact) mass is 272 g/mol. The van der Waals surface area contributed by atoms with Crippen molar-refractivity contribution in [3.05, 3.63) is 53.6 Å². The first kappa shape index (κ1) is 13.9. The number of rotatable bonds is 5. The molecule has 2 aromatic carbocycles. The summed E-state index contributed by atoms with van der Waals surface area (Å²) in [7, 11) is 1.63. The van der Waals surface area contributed by atoms with Gasteiger partial charge in [-0.15, -0.1) is 0 Å². The van der Waals surface area contributed by atoms with Crippen molar-refractivity contribution in [2.24, 2.45) is 5.73 Å². The lowest BCUT2D eigenvalue weighted by Gasteiger charge is -2.11. The molecule has 0 aliphatic carbocycles. The maximum Gasteiger partial charge on any atom is 0.250 e. The predicted molar refractivity (Wildman–Crippen MR) is 76.6 cm³/mol. The summed E-state index contributed by atoms with van der Waals surface area (Å²) in [5.74, 6) is 0.435. The molecule has 20 heavy (non-hydrogen) atoms. The number of methoxy groups -OCH3 is 1. The number of hydrogen-bond donors (Lipinski definition) is 2. The second kappa shape index (κ2) is 6.08. The van der Waals surface area contributed by atoms with Gasteiger partial charge in [0.1, 0.15) is 5.75 Å². The first-order chi connectivity index (χ1) is 9.61. The van der Waals surface area contributed by atoms with Gasteiger partial charge in [-0.05, 0) is 29.8 Å². The van der Waals surface area contributed by atoms with Crippen molar-refractivity contribution in [2.45, 2.75) is 6.61 Å². The van der Waals surface area contributed by atoms with Crippen molar-refractivity contribution >= 4 is 11.6 Å². The third kappa shape index (κ3) is 3.07. The lowest BCUT2D eigenvalue weighted by molar-refractivity contribution is 0.100. The molecular formula is C15H16N2O3. The predicted octanol–water partition coefficient (Wildman–Crippen LogP) is 2.31. The number of anilines is 1. The molecule has 1 amide bonds. The van der Waals surface area contributed by atoms with Crippen LogP contribution in [0.25, 0.3) is 0 Å². The van der Waals surface area contributed by atoms with Crippen LogP contribution in [0, 0.1) is 0 Å². The Kier molecular flexibility index (Phi) is 4.22. The zero-order valence-corrected chi connectivity index (χ0v) is 11.1. The zero-order valence-electron chi connectivity index (χ0n) is 11.1. The number of primary amides is 1. The van der Waals surface area contributed by atoms with Gasteiger partial charge in [0.05, 0.1) is 17.9 Å². The van der Waals surface area contributed by atoms with E-state index in [1.165, 1.54) is 0 Å². The van der Waals surface area contributed by atoms with Gasteiger partial charge < -0.3 is 20.9 Å². The van der Waals surface area contributed by atoms with Crippen LogP contribution in [0.1, 0.15) is 15.9 Å². The highest BCUT2D eigenvalue weighted by Crippen LogP contribution is 2.30. The van der Waals surface area contributed by atoms with E-state index in [0.29, 0.717) is 18.1 Å². The molecule has 0 saturated heterocycles. The van der Waals surface area contributed by atoms with E-state index < -0.39 is 5.91 Å². The zero-order chi connectivity index (χ0) is 14.5. The van der Waals surface area contributed by atoms with Crippen molar-refractivity contribution in [3.63, 3.8) is 0 Å². The fraction of sp³-hybridized carbons (Fsp3) is 0.133. The minimum atomic E-state index is -0.582. The van der Waals surface area contributed by atoms with Crippen LogP contribution in [0.15, 0.2) is 42.5 Å². The molecule has 2 rings (SSSR count). The first-order valence-electron chi connectivity index (χ1n) is 6.06. The van der Waals surface area contributed by atoms with Crippen molar-refractivity contribution < 1.29 is 14.3 Å². The van der Waals surface area contributed by atoms with E-state index >= 15 is 0 Å². The van der Waals surface area contributed by atoms with Crippen molar-refractivity contribution in [2.75, 3.05) is 12.8 Å². The van der Waals surface area contributed by atoms with Crippen molar-refractivity contribution in [1.82, 2.24) is 0 Å². The van der Waals surface area contributed by atoms with Crippen LogP contribution in [-0.4, -0.2) is 13.0 Å². The maximum absolute atomic E-state index is 11.2. The molecule has 0 saturated carbocycles. The van der Waals surface area contributed by atoms with Crippen molar-refractivity contribution in [3.8, 4) is 11.5 Å². The highest BCUT2D eigenvalue weighted by Gasteiger charge is 2.11. The highest BCUT2D eigenvalue weighted by atomic mass is 16.5. The third-order valence-electron chi connectivity index (χ3n) is 2.77. The number of nitrogens with two attached hydrogens (primary N) is 2. The molecular weight excluding hydrogens is 256 g/mol. The SMILES string of the molecule is COCc1cccc(Oc2cccc(C(N)=O)c2N)c1. The smallest absolute Gasteiger partial charge is 0.250 e. The summed E-state index contributed by atoms with van der Waals surface area (Å²) in [4.78, 5) is 11.2. The Bertz CT molecular complexity index is 626. The second-order valence-electron chi connectivity index (χ2n) is 4.26. The van der Waals surface area contributed by atoms with Gasteiger partial charge in [0, 0.05) is 7.11 Å². The van der Waals surface area contributed by atoms with Crippen LogP contribution in [0.2, 0.25) is 0 Å². The number of para-hydroxylation sites is 1. The summed E-state index contributed by atoms with van der Waals surface area (Å²) in [6.45, 7) is 0.494. The molecule has 0 aliphatic heterocycles. The normalized spacial score (nSPS) is 10.2. The molecule has 0 heterocycles.